The number of benzene rings is 2. The second kappa shape index (κ2) is 10.8. The lowest BCUT2D eigenvalue weighted by atomic mass is 10.1. The summed E-state index contributed by atoms with van der Waals surface area (Å²) in [5.41, 5.74) is 1.50. The average molecular weight is 455 g/mol. The summed E-state index contributed by atoms with van der Waals surface area (Å²) in [4.78, 5) is 24.9. The molecule has 1 aromatic heterocycles. The minimum atomic E-state index is -0.329. The molecule has 0 aliphatic rings. The van der Waals surface area contributed by atoms with Gasteiger partial charge in [0.05, 0.1) is 32.4 Å². The highest BCUT2D eigenvalue weighted by Gasteiger charge is 2.19. The van der Waals surface area contributed by atoms with Crippen LogP contribution in [0.4, 0.5) is 0 Å². The van der Waals surface area contributed by atoms with Crippen LogP contribution in [0.5, 0.6) is 11.5 Å². The van der Waals surface area contributed by atoms with Crippen LogP contribution in [0.25, 0.3) is 0 Å². The molecule has 1 N–H and O–H groups in total. The molecule has 8 nitrogen and oxygen atoms in total. The van der Waals surface area contributed by atoms with Crippen LogP contribution in [0, 0.1) is 0 Å². The van der Waals surface area contributed by atoms with E-state index in [-0.39, 0.29) is 29.9 Å². The minimum Gasteiger partial charge on any atom is -0.497 e. The zero-order chi connectivity index (χ0) is 23.1. The standard InChI is InChI=1S/C23H26N4O4S/c1-15(24-21(29)13-16-5-9-18(30-3)10-6-16)22-25-26-23(27(22)2)32-14-20(28)17-7-11-19(31-4)12-8-17/h5-12,15H,13-14H2,1-4H3,(H,24,29)/t15-/m0/s1. The lowest BCUT2D eigenvalue weighted by molar-refractivity contribution is -0.121. The summed E-state index contributed by atoms with van der Waals surface area (Å²) in [6.07, 6.45) is 0.254. The van der Waals surface area contributed by atoms with Gasteiger partial charge in [0.1, 0.15) is 11.5 Å². The fraction of sp³-hybridized carbons (Fsp3) is 0.304. The predicted molar refractivity (Wildman–Crippen MR) is 122 cm³/mol. The van der Waals surface area contributed by atoms with E-state index in [2.05, 4.69) is 15.5 Å². The predicted octanol–water partition coefficient (Wildman–Crippen LogP) is 3.23. The van der Waals surface area contributed by atoms with Crippen molar-refractivity contribution in [3.63, 3.8) is 0 Å². The Balaban J connectivity index is 1.55. The molecule has 0 unspecified atom stereocenters. The third-order valence-corrected chi connectivity index (χ3v) is 5.92. The number of amides is 1. The molecule has 0 radical (unpaired) electrons. The van der Waals surface area contributed by atoms with Crippen LogP contribution < -0.4 is 14.8 Å². The van der Waals surface area contributed by atoms with Crippen LogP contribution in [0.15, 0.2) is 53.7 Å². The number of methoxy groups -OCH3 is 2. The minimum absolute atomic E-state index is 0.0111. The number of nitrogens with zero attached hydrogens (tertiary/aromatic N) is 3. The molecule has 0 bridgehead atoms. The van der Waals surface area contributed by atoms with Gasteiger partial charge in [-0.3, -0.25) is 9.59 Å². The van der Waals surface area contributed by atoms with Crippen molar-refractivity contribution in [2.75, 3.05) is 20.0 Å². The molecule has 3 aromatic rings. The van der Waals surface area contributed by atoms with E-state index in [1.165, 1.54) is 11.8 Å². The van der Waals surface area contributed by atoms with Crippen molar-refractivity contribution < 1.29 is 19.1 Å². The first-order valence-corrected chi connectivity index (χ1v) is 11.0. The lowest BCUT2D eigenvalue weighted by Gasteiger charge is -2.14. The van der Waals surface area contributed by atoms with Crippen molar-refractivity contribution >= 4 is 23.5 Å². The van der Waals surface area contributed by atoms with Gasteiger partial charge in [-0.15, -0.1) is 10.2 Å². The number of thioether (sulfide) groups is 1. The molecule has 1 heterocycles. The van der Waals surface area contributed by atoms with Crippen LogP contribution in [-0.4, -0.2) is 46.4 Å². The van der Waals surface area contributed by atoms with Crippen molar-refractivity contribution in [2.45, 2.75) is 24.5 Å². The summed E-state index contributed by atoms with van der Waals surface area (Å²) in [5, 5.41) is 11.9. The molecule has 168 valence electrons. The summed E-state index contributed by atoms with van der Waals surface area (Å²) in [7, 11) is 5.01. The van der Waals surface area contributed by atoms with E-state index in [1.54, 1.807) is 43.1 Å². The van der Waals surface area contributed by atoms with Gasteiger partial charge in [-0.1, -0.05) is 23.9 Å². The Bertz CT molecular complexity index is 1060. The monoisotopic (exact) mass is 454 g/mol. The van der Waals surface area contributed by atoms with Crippen molar-refractivity contribution in [1.29, 1.82) is 0 Å². The molecule has 3 rings (SSSR count). The topological polar surface area (TPSA) is 95.3 Å². The number of carbonyl (C=O) groups is 2. The first-order valence-electron chi connectivity index (χ1n) is 10.0. The van der Waals surface area contributed by atoms with Crippen LogP contribution in [0.2, 0.25) is 0 Å². The van der Waals surface area contributed by atoms with Gasteiger partial charge in [0.2, 0.25) is 5.91 Å². The van der Waals surface area contributed by atoms with Crippen LogP contribution in [0.1, 0.15) is 34.7 Å². The summed E-state index contributed by atoms with van der Waals surface area (Å²) < 4.78 is 12.0. The second-order valence-electron chi connectivity index (χ2n) is 7.15. The SMILES string of the molecule is COc1ccc(CC(=O)N[C@@H](C)c2nnc(SCC(=O)c3ccc(OC)cc3)n2C)cc1. The Labute approximate surface area is 191 Å². The fourth-order valence-corrected chi connectivity index (χ4v) is 3.92. The van der Waals surface area contributed by atoms with Gasteiger partial charge in [0, 0.05) is 12.6 Å². The number of rotatable bonds is 10. The van der Waals surface area contributed by atoms with Gasteiger partial charge in [-0.05, 0) is 48.9 Å². The summed E-state index contributed by atoms with van der Waals surface area (Å²) in [5.74, 6) is 2.17. The van der Waals surface area contributed by atoms with E-state index in [1.807, 2.05) is 38.2 Å². The molecule has 1 amide bonds. The smallest absolute Gasteiger partial charge is 0.224 e. The van der Waals surface area contributed by atoms with Crippen LogP contribution in [-0.2, 0) is 18.3 Å². The highest BCUT2D eigenvalue weighted by atomic mass is 32.2. The molecule has 0 saturated heterocycles. The maximum atomic E-state index is 12.4. The molecule has 0 spiro atoms. The molecule has 2 aromatic carbocycles. The van der Waals surface area contributed by atoms with Crippen molar-refractivity contribution in [1.82, 2.24) is 20.1 Å². The van der Waals surface area contributed by atoms with Crippen molar-refractivity contribution in [3.8, 4) is 11.5 Å². The maximum absolute atomic E-state index is 12.4. The van der Waals surface area contributed by atoms with E-state index in [0.29, 0.717) is 22.3 Å². The average Bonchev–Trinajstić information content (AvgIpc) is 3.18. The largest absolute Gasteiger partial charge is 0.497 e. The first kappa shape index (κ1) is 23.3. The highest BCUT2D eigenvalue weighted by molar-refractivity contribution is 7.99. The summed E-state index contributed by atoms with van der Waals surface area (Å²) in [6.45, 7) is 1.85. The number of carbonyl (C=O) groups excluding carboxylic acids is 2. The van der Waals surface area contributed by atoms with Crippen molar-refractivity contribution in [2.24, 2.45) is 7.05 Å². The zero-order valence-electron chi connectivity index (χ0n) is 18.5. The fourth-order valence-electron chi connectivity index (χ4n) is 3.11. The highest BCUT2D eigenvalue weighted by Crippen LogP contribution is 2.21. The molecule has 32 heavy (non-hydrogen) atoms. The Hall–Kier alpha value is -3.33. The maximum Gasteiger partial charge on any atom is 0.224 e. The molecule has 0 saturated carbocycles. The summed E-state index contributed by atoms with van der Waals surface area (Å²) >= 11 is 1.31. The van der Waals surface area contributed by atoms with Gasteiger partial charge < -0.3 is 19.4 Å². The van der Waals surface area contributed by atoms with E-state index in [0.717, 1.165) is 11.3 Å². The normalized spacial score (nSPS) is 11.6. The van der Waals surface area contributed by atoms with Gasteiger partial charge in [0.15, 0.2) is 16.8 Å². The van der Waals surface area contributed by atoms with E-state index in [9.17, 15) is 9.59 Å². The van der Waals surface area contributed by atoms with Gasteiger partial charge in [-0.25, -0.2) is 0 Å². The van der Waals surface area contributed by atoms with E-state index >= 15 is 0 Å². The zero-order valence-corrected chi connectivity index (χ0v) is 19.3. The third kappa shape index (κ3) is 5.88. The quantitative estimate of drug-likeness (QED) is 0.371. The third-order valence-electron chi connectivity index (χ3n) is 4.90. The molecular weight excluding hydrogens is 428 g/mol. The van der Waals surface area contributed by atoms with E-state index in [4.69, 9.17) is 9.47 Å². The number of ether oxygens (including phenoxy) is 2. The van der Waals surface area contributed by atoms with Crippen LogP contribution in [0.3, 0.4) is 0 Å². The number of hydrogen-bond acceptors (Lipinski definition) is 7. The van der Waals surface area contributed by atoms with Crippen molar-refractivity contribution in [3.05, 3.63) is 65.5 Å². The Morgan fingerprint density at radius 2 is 1.59 bits per heavy atom. The first-order chi connectivity index (χ1) is 15.4. The lowest BCUT2D eigenvalue weighted by Crippen LogP contribution is -2.29. The van der Waals surface area contributed by atoms with Gasteiger partial charge >= 0.3 is 0 Å². The number of aromatic nitrogens is 3. The molecule has 0 aliphatic carbocycles. The summed E-state index contributed by atoms with van der Waals surface area (Å²) in [6, 6.07) is 14.0. The number of hydrogen-bond donors (Lipinski definition) is 1. The second-order valence-corrected chi connectivity index (χ2v) is 8.10. The number of Topliss-reactive ketones (excluding diaryl/α,β-unsaturated/α-hetero) is 1. The van der Waals surface area contributed by atoms with Crippen LogP contribution >= 0.6 is 11.8 Å². The molecule has 0 fully saturated rings. The number of nitrogens with one attached hydrogen (secondary N) is 1. The number of ketones is 1. The molecule has 0 aliphatic heterocycles. The Kier molecular flexibility index (Phi) is 7.88. The van der Waals surface area contributed by atoms with Gasteiger partial charge in [-0.2, -0.15) is 0 Å². The molecule has 1 atom stereocenters. The van der Waals surface area contributed by atoms with E-state index < -0.39 is 0 Å². The Morgan fingerprint density at radius 3 is 2.19 bits per heavy atom. The van der Waals surface area contributed by atoms with Gasteiger partial charge in [0.25, 0.3) is 0 Å². The Morgan fingerprint density at radius 1 is 1.00 bits per heavy atom. The molecule has 9 heteroatoms. The molecular formula is C23H26N4O4S.